The molecule has 0 amide bonds. The lowest BCUT2D eigenvalue weighted by molar-refractivity contribution is -0.131. The first-order valence-electron chi connectivity index (χ1n) is 8.85. The maximum absolute atomic E-state index is 13.5. The summed E-state index contributed by atoms with van der Waals surface area (Å²) in [5.74, 6) is -0.903. The summed E-state index contributed by atoms with van der Waals surface area (Å²) < 4.78 is 15.1. The normalized spacial score (nSPS) is 11.5. The fourth-order valence-corrected chi connectivity index (χ4v) is 2.76. The zero-order valence-corrected chi connectivity index (χ0v) is 15.5. The molecule has 0 aliphatic rings. The van der Waals surface area contributed by atoms with E-state index in [1.807, 2.05) is 12.1 Å². The third-order valence-corrected chi connectivity index (χ3v) is 4.16. The highest BCUT2D eigenvalue weighted by atomic mass is 19.1. The molecule has 0 aliphatic carbocycles. The zero-order chi connectivity index (χ0) is 20.9. The summed E-state index contributed by atoms with van der Waals surface area (Å²) in [6, 6.07) is 13.3. The van der Waals surface area contributed by atoms with Gasteiger partial charge in [0.25, 0.3) is 0 Å². The number of anilines is 1. The van der Waals surface area contributed by atoms with Crippen molar-refractivity contribution in [2.45, 2.75) is 0 Å². The third-order valence-electron chi connectivity index (χ3n) is 4.16. The Hall–Kier alpha value is -4.40. The molecule has 2 heterocycles. The standard InChI is InChI=1S/C21H15FN6O2/c22-16-2-1-3-17(10-16)28-21-18(12-26-28)20(23-13-24-21)27-25-11-15-6-4-14(5-7-15)8-9-19(29)30/h1-13H,(H,29,30)(H,23,24,27)/b9-8+,25-11+. The van der Waals surface area contributed by atoms with Crippen molar-refractivity contribution in [3.63, 3.8) is 0 Å². The van der Waals surface area contributed by atoms with Crippen molar-refractivity contribution in [3.8, 4) is 5.69 Å². The first-order valence-corrected chi connectivity index (χ1v) is 8.85. The van der Waals surface area contributed by atoms with Crippen LogP contribution in [0, 0.1) is 5.82 Å². The summed E-state index contributed by atoms with van der Waals surface area (Å²) in [7, 11) is 0. The molecule has 0 fully saturated rings. The van der Waals surface area contributed by atoms with Gasteiger partial charge in [-0.15, -0.1) is 0 Å². The predicted octanol–water partition coefficient (Wildman–Crippen LogP) is 3.50. The number of aromatic nitrogens is 4. The van der Waals surface area contributed by atoms with Crippen LogP contribution in [0.4, 0.5) is 10.2 Å². The van der Waals surface area contributed by atoms with Crippen molar-refractivity contribution in [1.82, 2.24) is 19.7 Å². The fourth-order valence-electron chi connectivity index (χ4n) is 2.76. The Morgan fingerprint density at radius 2 is 1.93 bits per heavy atom. The van der Waals surface area contributed by atoms with Crippen LogP contribution in [-0.4, -0.2) is 37.0 Å². The molecule has 0 unspecified atom stereocenters. The number of nitrogens with zero attached hydrogens (tertiary/aromatic N) is 5. The predicted molar refractivity (Wildman–Crippen MR) is 111 cm³/mol. The van der Waals surface area contributed by atoms with Crippen LogP contribution in [0.3, 0.4) is 0 Å². The van der Waals surface area contributed by atoms with E-state index in [2.05, 4.69) is 25.6 Å². The molecular weight excluding hydrogens is 387 g/mol. The zero-order valence-electron chi connectivity index (χ0n) is 15.5. The molecule has 4 rings (SSSR count). The molecule has 4 aromatic rings. The molecule has 0 aliphatic heterocycles. The van der Waals surface area contributed by atoms with Crippen LogP contribution < -0.4 is 5.43 Å². The van der Waals surface area contributed by atoms with Crippen LogP contribution >= 0.6 is 0 Å². The number of carbonyl (C=O) groups is 1. The number of benzene rings is 2. The molecule has 0 atom stereocenters. The van der Waals surface area contributed by atoms with Gasteiger partial charge in [0.1, 0.15) is 12.1 Å². The Labute approximate surface area is 170 Å². The van der Waals surface area contributed by atoms with Crippen LogP contribution in [0.25, 0.3) is 22.8 Å². The number of hydrogen-bond donors (Lipinski definition) is 2. The molecule has 148 valence electrons. The Bertz CT molecular complexity index is 1260. The minimum atomic E-state index is -0.998. The second-order valence-electron chi connectivity index (χ2n) is 6.20. The minimum Gasteiger partial charge on any atom is -0.478 e. The first-order chi connectivity index (χ1) is 14.6. The van der Waals surface area contributed by atoms with E-state index < -0.39 is 5.97 Å². The number of hydrogen-bond acceptors (Lipinski definition) is 6. The Balaban J connectivity index is 1.53. The van der Waals surface area contributed by atoms with Crippen molar-refractivity contribution in [2.75, 3.05) is 5.43 Å². The average molecular weight is 402 g/mol. The van der Waals surface area contributed by atoms with Gasteiger partial charge in [-0.25, -0.2) is 23.8 Å². The van der Waals surface area contributed by atoms with E-state index in [4.69, 9.17) is 5.11 Å². The summed E-state index contributed by atoms with van der Waals surface area (Å²) in [6.07, 6.45) is 7.16. The Morgan fingerprint density at radius 3 is 2.70 bits per heavy atom. The number of hydrazone groups is 1. The van der Waals surface area contributed by atoms with E-state index in [1.54, 1.807) is 36.7 Å². The van der Waals surface area contributed by atoms with E-state index in [9.17, 15) is 9.18 Å². The molecule has 0 bridgehead atoms. The Kier molecular flexibility index (Phi) is 5.25. The summed E-state index contributed by atoms with van der Waals surface area (Å²) >= 11 is 0. The van der Waals surface area contributed by atoms with Gasteiger partial charge >= 0.3 is 5.97 Å². The highest BCUT2D eigenvalue weighted by Gasteiger charge is 2.11. The summed E-state index contributed by atoms with van der Waals surface area (Å²) in [5, 5.41) is 17.8. The van der Waals surface area contributed by atoms with Crippen molar-refractivity contribution >= 4 is 35.1 Å². The van der Waals surface area contributed by atoms with Crippen molar-refractivity contribution in [3.05, 3.63) is 84.1 Å². The van der Waals surface area contributed by atoms with Gasteiger partial charge in [0, 0.05) is 6.08 Å². The second-order valence-corrected chi connectivity index (χ2v) is 6.20. The fraction of sp³-hybridized carbons (Fsp3) is 0. The average Bonchev–Trinajstić information content (AvgIpc) is 3.18. The van der Waals surface area contributed by atoms with Crippen LogP contribution in [0.1, 0.15) is 11.1 Å². The quantitative estimate of drug-likeness (QED) is 0.291. The lowest BCUT2D eigenvalue weighted by atomic mass is 10.1. The monoisotopic (exact) mass is 402 g/mol. The van der Waals surface area contributed by atoms with Gasteiger partial charge in [-0.05, 0) is 35.4 Å². The molecule has 0 radical (unpaired) electrons. The van der Waals surface area contributed by atoms with Crippen molar-refractivity contribution in [2.24, 2.45) is 5.10 Å². The maximum Gasteiger partial charge on any atom is 0.328 e. The highest BCUT2D eigenvalue weighted by Crippen LogP contribution is 2.21. The van der Waals surface area contributed by atoms with Gasteiger partial charge in [-0.3, -0.25) is 5.43 Å². The van der Waals surface area contributed by atoms with Crippen LogP contribution in [0.2, 0.25) is 0 Å². The second kappa shape index (κ2) is 8.31. The maximum atomic E-state index is 13.5. The molecule has 2 N–H and O–H groups in total. The van der Waals surface area contributed by atoms with E-state index in [0.717, 1.165) is 17.2 Å². The third kappa shape index (κ3) is 4.20. The van der Waals surface area contributed by atoms with E-state index in [1.165, 1.54) is 29.2 Å². The van der Waals surface area contributed by atoms with Gasteiger partial charge in [-0.1, -0.05) is 30.3 Å². The summed E-state index contributed by atoms with van der Waals surface area (Å²) in [5.41, 5.74) is 5.52. The SMILES string of the molecule is O=C(O)/C=C/c1ccc(/C=N/Nc2ncnc3c2cnn3-c2cccc(F)c2)cc1. The first kappa shape index (κ1) is 18.9. The molecular formula is C21H15FN6O2. The number of nitrogens with one attached hydrogen (secondary N) is 1. The largest absolute Gasteiger partial charge is 0.478 e. The topological polar surface area (TPSA) is 105 Å². The lowest BCUT2D eigenvalue weighted by Gasteiger charge is -2.04. The number of aliphatic carboxylic acids is 1. The van der Waals surface area contributed by atoms with E-state index in [-0.39, 0.29) is 5.82 Å². The number of carboxylic acid groups (broad SMARTS) is 1. The van der Waals surface area contributed by atoms with Crippen LogP contribution in [0.5, 0.6) is 0 Å². The summed E-state index contributed by atoms with van der Waals surface area (Å²) in [4.78, 5) is 19.0. The van der Waals surface area contributed by atoms with Gasteiger partial charge in [0.2, 0.25) is 0 Å². The summed E-state index contributed by atoms with van der Waals surface area (Å²) in [6.45, 7) is 0. The number of carboxylic acids is 1. The van der Waals surface area contributed by atoms with Gasteiger partial charge in [-0.2, -0.15) is 10.2 Å². The number of rotatable bonds is 6. The molecule has 30 heavy (non-hydrogen) atoms. The lowest BCUT2D eigenvalue weighted by Crippen LogP contribution is -2.00. The molecule has 2 aromatic carbocycles. The van der Waals surface area contributed by atoms with Gasteiger partial charge < -0.3 is 5.11 Å². The molecule has 0 saturated heterocycles. The Morgan fingerprint density at radius 1 is 1.13 bits per heavy atom. The number of fused-ring (bicyclic) bond motifs is 1. The highest BCUT2D eigenvalue weighted by molar-refractivity contribution is 5.88. The van der Waals surface area contributed by atoms with E-state index >= 15 is 0 Å². The minimum absolute atomic E-state index is 0.363. The van der Waals surface area contributed by atoms with Gasteiger partial charge in [0.15, 0.2) is 11.5 Å². The molecule has 8 nitrogen and oxygen atoms in total. The van der Waals surface area contributed by atoms with Gasteiger partial charge in [0.05, 0.1) is 23.5 Å². The molecule has 9 heteroatoms. The van der Waals surface area contributed by atoms with Crippen molar-refractivity contribution in [1.29, 1.82) is 0 Å². The molecule has 0 spiro atoms. The molecule has 2 aromatic heterocycles. The van der Waals surface area contributed by atoms with Crippen molar-refractivity contribution < 1.29 is 14.3 Å². The van der Waals surface area contributed by atoms with Crippen LogP contribution in [0.15, 0.2) is 72.2 Å². The number of halogens is 1. The van der Waals surface area contributed by atoms with Crippen LogP contribution in [-0.2, 0) is 4.79 Å². The molecule has 0 saturated carbocycles. The smallest absolute Gasteiger partial charge is 0.328 e. The van der Waals surface area contributed by atoms with E-state index in [0.29, 0.717) is 22.5 Å².